The molecule has 1 heterocycles. The zero-order valence-electron chi connectivity index (χ0n) is 17.5. The zero-order valence-corrected chi connectivity index (χ0v) is 17.5. The van der Waals surface area contributed by atoms with E-state index in [0.717, 1.165) is 39.3 Å². The van der Waals surface area contributed by atoms with Crippen molar-refractivity contribution in [1.29, 1.82) is 5.26 Å². The van der Waals surface area contributed by atoms with Gasteiger partial charge < -0.3 is 4.57 Å². The molecule has 0 fully saturated rings. The number of aromatic nitrogens is 2. The summed E-state index contributed by atoms with van der Waals surface area (Å²) in [6, 6.07) is 37.3. The first-order valence-corrected chi connectivity index (χ1v) is 10.6. The van der Waals surface area contributed by atoms with E-state index < -0.39 is 0 Å². The van der Waals surface area contributed by atoms with Crippen molar-refractivity contribution in [2.24, 2.45) is 0 Å². The van der Waals surface area contributed by atoms with Gasteiger partial charge in [0.05, 0.1) is 17.3 Å². The van der Waals surface area contributed by atoms with Crippen LogP contribution in [0.2, 0.25) is 0 Å². The molecule has 4 aromatic carbocycles. The molecule has 0 aliphatic carbocycles. The van der Waals surface area contributed by atoms with Crippen molar-refractivity contribution in [3.05, 3.63) is 132 Å². The lowest BCUT2D eigenvalue weighted by atomic mass is 9.95. The second kappa shape index (κ2) is 8.75. The van der Waals surface area contributed by atoms with Gasteiger partial charge in [-0.1, -0.05) is 91.0 Å². The van der Waals surface area contributed by atoms with Crippen molar-refractivity contribution in [3.8, 4) is 34.0 Å². The second-order valence-corrected chi connectivity index (χ2v) is 7.64. The van der Waals surface area contributed by atoms with E-state index in [4.69, 9.17) is 4.98 Å². The molecule has 0 radical (unpaired) electrons. The Balaban J connectivity index is 1.70. The average Bonchev–Trinajstić information content (AvgIpc) is 3.32. The predicted octanol–water partition coefficient (Wildman–Crippen LogP) is 6.67. The third-order valence-corrected chi connectivity index (χ3v) is 5.58. The quantitative estimate of drug-likeness (QED) is 0.324. The van der Waals surface area contributed by atoms with Crippen LogP contribution in [0.25, 0.3) is 27.9 Å². The summed E-state index contributed by atoms with van der Waals surface area (Å²) in [6.45, 7) is 0. The van der Waals surface area contributed by atoms with E-state index >= 15 is 0 Å². The van der Waals surface area contributed by atoms with Gasteiger partial charge in [-0.15, -0.1) is 0 Å². The largest absolute Gasteiger partial charge is 0.302 e. The molecule has 0 spiro atoms. The molecule has 0 saturated heterocycles. The number of nitrogens with zero attached hydrogens (tertiary/aromatic N) is 3. The number of rotatable bonds is 5. The number of benzene rings is 4. The van der Waals surface area contributed by atoms with Gasteiger partial charge in [-0.2, -0.15) is 5.26 Å². The molecule has 0 N–H and O–H groups in total. The average molecular weight is 412 g/mol. The van der Waals surface area contributed by atoms with E-state index in [1.165, 1.54) is 0 Å². The molecule has 152 valence electrons. The predicted molar refractivity (Wildman–Crippen MR) is 128 cm³/mol. The Morgan fingerprint density at radius 1 is 0.719 bits per heavy atom. The highest BCUT2D eigenvalue weighted by Gasteiger charge is 2.17. The minimum atomic E-state index is 0.639. The van der Waals surface area contributed by atoms with Gasteiger partial charge in [0.25, 0.3) is 0 Å². The van der Waals surface area contributed by atoms with E-state index in [9.17, 15) is 5.26 Å². The van der Waals surface area contributed by atoms with Crippen molar-refractivity contribution >= 4 is 0 Å². The fraction of sp³-hybridized carbons (Fsp3) is 0.0345. The summed E-state index contributed by atoms with van der Waals surface area (Å²) in [5, 5.41) is 9.27. The number of nitriles is 1. The van der Waals surface area contributed by atoms with E-state index in [1.54, 1.807) is 0 Å². The fourth-order valence-electron chi connectivity index (χ4n) is 4.11. The Hall–Kier alpha value is -4.42. The van der Waals surface area contributed by atoms with Gasteiger partial charge in [-0.05, 0) is 28.8 Å². The topological polar surface area (TPSA) is 41.6 Å². The Labute approximate surface area is 187 Å². The van der Waals surface area contributed by atoms with Gasteiger partial charge in [0, 0.05) is 29.9 Å². The zero-order chi connectivity index (χ0) is 21.8. The molecule has 0 aliphatic rings. The van der Waals surface area contributed by atoms with Crippen LogP contribution in [0.4, 0.5) is 0 Å². The highest BCUT2D eigenvalue weighted by molar-refractivity contribution is 5.85. The van der Waals surface area contributed by atoms with Crippen molar-refractivity contribution < 1.29 is 0 Å². The summed E-state index contributed by atoms with van der Waals surface area (Å²) < 4.78 is 2.18. The van der Waals surface area contributed by atoms with Crippen LogP contribution in [-0.4, -0.2) is 9.55 Å². The van der Waals surface area contributed by atoms with Crippen molar-refractivity contribution in [2.75, 3.05) is 0 Å². The van der Waals surface area contributed by atoms with Gasteiger partial charge in [0.15, 0.2) is 0 Å². The SMILES string of the molecule is N#Cc1cccc(Cc2nccn2-c2c(-c3ccccc3)cccc2-c2ccccc2)c1. The molecule has 0 aliphatic heterocycles. The molecule has 0 amide bonds. The van der Waals surface area contributed by atoms with Crippen molar-refractivity contribution in [2.45, 2.75) is 6.42 Å². The van der Waals surface area contributed by atoms with Gasteiger partial charge >= 0.3 is 0 Å². The van der Waals surface area contributed by atoms with Gasteiger partial charge in [-0.3, -0.25) is 0 Å². The third kappa shape index (κ3) is 3.82. The van der Waals surface area contributed by atoms with Gasteiger partial charge in [0.1, 0.15) is 5.82 Å². The molecule has 5 aromatic rings. The number of hydrogen-bond acceptors (Lipinski definition) is 2. The summed E-state index contributed by atoms with van der Waals surface area (Å²) in [5.74, 6) is 0.931. The second-order valence-electron chi connectivity index (χ2n) is 7.64. The van der Waals surface area contributed by atoms with E-state index in [1.807, 2.05) is 48.8 Å². The highest BCUT2D eigenvalue weighted by Crippen LogP contribution is 2.36. The van der Waals surface area contributed by atoms with Crippen LogP contribution < -0.4 is 0 Å². The first kappa shape index (κ1) is 19.5. The molecule has 3 heteroatoms. The molecule has 0 bridgehead atoms. The maximum Gasteiger partial charge on any atom is 0.117 e. The van der Waals surface area contributed by atoms with Crippen LogP contribution in [0.5, 0.6) is 0 Å². The van der Waals surface area contributed by atoms with Crippen LogP contribution in [-0.2, 0) is 6.42 Å². The normalized spacial score (nSPS) is 10.6. The number of imidazole rings is 1. The lowest BCUT2D eigenvalue weighted by Gasteiger charge is -2.18. The maximum absolute atomic E-state index is 9.27. The molecule has 0 atom stereocenters. The lowest BCUT2D eigenvalue weighted by molar-refractivity contribution is 0.916. The molecule has 0 unspecified atom stereocenters. The Morgan fingerprint density at radius 3 is 1.97 bits per heavy atom. The highest BCUT2D eigenvalue weighted by atomic mass is 15.1. The molecule has 32 heavy (non-hydrogen) atoms. The monoisotopic (exact) mass is 411 g/mol. The standard InChI is InChI=1S/C29H21N3/c30-21-23-10-7-9-22(19-23)20-28-31-17-18-32(28)29-26(24-11-3-1-4-12-24)15-8-16-27(29)25-13-5-2-6-14-25/h1-19H,20H2. The minimum absolute atomic E-state index is 0.639. The van der Waals surface area contributed by atoms with E-state index in [0.29, 0.717) is 12.0 Å². The molecule has 1 aromatic heterocycles. The summed E-state index contributed by atoms with van der Waals surface area (Å²) in [4.78, 5) is 4.69. The van der Waals surface area contributed by atoms with Crippen LogP contribution in [0.1, 0.15) is 17.0 Å². The molecule has 5 rings (SSSR count). The van der Waals surface area contributed by atoms with Crippen LogP contribution >= 0.6 is 0 Å². The van der Waals surface area contributed by atoms with E-state index in [2.05, 4.69) is 77.4 Å². The minimum Gasteiger partial charge on any atom is -0.302 e. The van der Waals surface area contributed by atoms with Crippen molar-refractivity contribution in [1.82, 2.24) is 9.55 Å². The molecule has 3 nitrogen and oxygen atoms in total. The van der Waals surface area contributed by atoms with Crippen LogP contribution in [0, 0.1) is 11.3 Å². The van der Waals surface area contributed by atoms with Crippen LogP contribution in [0.3, 0.4) is 0 Å². The summed E-state index contributed by atoms with van der Waals surface area (Å²) in [6.07, 6.45) is 4.51. The smallest absolute Gasteiger partial charge is 0.117 e. The Bertz CT molecular complexity index is 1340. The molecular formula is C29H21N3. The fourth-order valence-corrected chi connectivity index (χ4v) is 4.11. The summed E-state index contributed by atoms with van der Waals surface area (Å²) in [7, 11) is 0. The number of para-hydroxylation sites is 1. The molecule has 0 saturated carbocycles. The van der Waals surface area contributed by atoms with E-state index in [-0.39, 0.29) is 0 Å². The third-order valence-electron chi connectivity index (χ3n) is 5.58. The van der Waals surface area contributed by atoms with Crippen molar-refractivity contribution in [3.63, 3.8) is 0 Å². The Morgan fingerprint density at radius 2 is 1.34 bits per heavy atom. The number of hydrogen-bond donors (Lipinski definition) is 0. The first-order chi connectivity index (χ1) is 15.8. The molecular weight excluding hydrogens is 390 g/mol. The summed E-state index contributed by atoms with van der Waals surface area (Å²) >= 11 is 0. The maximum atomic E-state index is 9.27. The van der Waals surface area contributed by atoms with Gasteiger partial charge in [0.2, 0.25) is 0 Å². The lowest BCUT2D eigenvalue weighted by Crippen LogP contribution is -2.05. The van der Waals surface area contributed by atoms with Crippen LogP contribution in [0.15, 0.2) is 116 Å². The van der Waals surface area contributed by atoms with Gasteiger partial charge in [-0.25, -0.2) is 4.98 Å². The first-order valence-electron chi connectivity index (χ1n) is 10.6. The Kier molecular flexibility index (Phi) is 5.34. The summed E-state index contributed by atoms with van der Waals surface area (Å²) in [5.41, 5.74) is 7.45.